The van der Waals surface area contributed by atoms with Crippen molar-refractivity contribution in [3.8, 4) is 0 Å². The predicted octanol–water partition coefficient (Wildman–Crippen LogP) is 1.83. The van der Waals surface area contributed by atoms with Crippen molar-refractivity contribution in [2.45, 2.75) is 64.8 Å². The molecule has 0 amide bonds. The molecular weight excluding hydrogens is 260 g/mol. The summed E-state index contributed by atoms with van der Waals surface area (Å²) in [4.78, 5) is 20.9. The van der Waals surface area contributed by atoms with E-state index in [2.05, 4.69) is 12.2 Å². The van der Waals surface area contributed by atoms with E-state index in [0.29, 0.717) is 6.54 Å². The number of nitrogens with one attached hydrogen (secondary N) is 1. The molecule has 5 N–H and O–H groups in total. The third-order valence-corrected chi connectivity index (χ3v) is 2.66. The van der Waals surface area contributed by atoms with Gasteiger partial charge >= 0.3 is 11.9 Å². The van der Waals surface area contributed by atoms with Gasteiger partial charge in [-0.15, -0.1) is 0 Å². The highest BCUT2D eigenvalue weighted by atomic mass is 16.4. The first-order chi connectivity index (χ1) is 9.49. The van der Waals surface area contributed by atoms with Gasteiger partial charge < -0.3 is 21.3 Å². The van der Waals surface area contributed by atoms with Gasteiger partial charge in [0.15, 0.2) is 0 Å². The molecule has 0 aromatic rings. The van der Waals surface area contributed by atoms with Crippen molar-refractivity contribution in [1.82, 2.24) is 5.32 Å². The van der Waals surface area contributed by atoms with Gasteiger partial charge in [-0.2, -0.15) is 0 Å². The quantitative estimate of drug-likeness (QED) is 0.432. The average Bonchev–Trinajstić information content (AvgIpc) is 2.40. The van der Waals surface area contributed by atoms with Crippen molar-refractivity contribution in [3.63, 3.8) is 0 Å². The van der Waals surface area contributed by atoms with E-state index in [-0.39, 0.29) is 6.42 Å². The van der Waals surface area contributed by atoms with Crippen LogP contribution in [0, 0.1) is 0 Å². The first-order valence-electron chi connectivity index (χ1n) is 7.37. The number of hydrogen-bond acceptors (Lipinski definition) is 4. The fourth-order valence-electron chi connectivity index (χ4n) is 1.47. The van der Waals surface area contributed by atoms with Crippen molar-refractivity contribution in [2.75, 3.05) is 13.1 Å². The SMILES string of the molecule is CCCCCN.CCCCCNC(CC(=O)O)C(=O)O. The van der Waals surface area contributed by atoms with Gasteiger partial charge in [-0.3, -0.25) is 9.59 Å². The molecule has 120 valence electrons. The minimum atomic E-state index is -1.11. The zero-order valence-electron chi connectivity index (χ0n) is 12.7. The van der Waals surface area contributed by atoms with Crippen LogP contribution >= 0.6 is 0 Å². The molecule has 0 saturated heterocycles. The van der Waals surface area contributed by atoms with Gasteiger partial charge in [0.2, 0.25) is 0 Å². The number of aliphatic carboxylic acids is 2. The van der Waals surface area contributed by atoms with Gasteiger partial charge in [-0.05, 0) is 25.9 Å². The molecule has 1 atom stereocenters. The number of unbranched alkanes of at least 4 members (excludes halogenated alkanes) is 4. The van der Waals surface area contributed by atoms with E-state index in [0.717, 1.165) is 25.8 Å². The molecular formula is C14H30N2O4. The summed E-state index contributed by atoms with van der Waals surface area (Å²) in [5.74, 6) is -2.20. The summed E-state index contributed by atoms with van der Waals surface area (Å²) in [5, 5.41) is 19.8. The Hall–Kier alpha value is -1.14. The van der Waals surface area contributed by atoms with Crippen LogP contribution in [0.25, 0.3) is 0 Å². The van der Waals surface area contributed by atoms with Crippen LogP contribution in [0.5, 0.6) is 0 Å². The van der Waals surface area contributed by atoms with Crippen molar-refractivity contribution < 1.29 is 19.8 Å². The molecule has 1 unspecified atom stereocenters. The lowest BCUT2D eigenvalue weighted by molar-refractivity contribution is -0.145. The van der Waals surface area contributed by atoms with Gasteiger partial charge in [-0.1, -0.05) is 39.5 Å². The fourth-order valence-corrected chi connectivity index (χ4v) is 1.47. The second-order valence-corrected chi connectivity index (χ2v) is 4.65. The molecule has 0 fully saturated rings. The lowest BCUT2D eigenvalue weighted by atomic mass is 10.2. The summed E-state index contributed by atoms with van der Waals surface area (Å²) in [6, 6.07) is -0.968. The predicted molar refractivity (Wildman–Crippen MR) is 79.8 cm³/mol. The molecule has 6 heteroatoms. The molecule has 0 aromatic carbocycles. The lowest BCUT2D eigenvalue weighted by Crippen LogP contribution is -2.39. The van der Waals surface area contributed by atoms with Crippen LogP contribution < -0.4 is 11.1 Å². The van der Waals surface area contributed by atoms with Crippen molar-refractivity contribution >= 4 is 11.9 Å². The first kappa shape index (κ1) is 21.2. The second-order valence-electron chi connectivity index (χ2n) is 4.65. The summed E-state index contributed by atoms with van der Waals surface area (Å²) >= 11 is 0. The standard InChI is InChI=1S/C9H17NO4.C5H13N/c1-2-3-4-5-10-7(9(13)14)6-8(11)12;1-2-3-4-5-6/h7,10H,2-6H2,1H3,(H,11,12)(H,13,14);2-6H2,1H3. The van der Waals surface area contributed by atoms with Crippen LogP contribution in [0.15, 0.2) is 0 Å². The molecule has 6 nitrogen and oxygen atoms in total. The van der Waals surface area contributed by atoms with Crippen molar-refractivity contribution in [1.29, 1.82) is 0 Å². The summed E-state index contributed by atoms with van der Waals surface area (Å²) in [6.07, 6.45) is 6.33. The highest BCUT2D eigenvalue weighted by Gasteiger charge is 2.19. The highest BCUT2D eigenvalue weighted by molar-refractivity contribution is 5.80. The van der Waals surface area contributed by atoms with E-state index in [4.69, 9.17) is 15.9 Å². The van der Waals surface area contributed by atoms with Gasteiger partial charge in [0.25, 0.3) is 0 Å². The number of hydrogen-bond donors (Lipinski definition) is 4. The van der Waals surface area contributed by atoms with E-state index in [1.165, 1.54) is 19.3 Å². The maximum Gasteiger partial charge on any atom is 0.321 e. The number of carbonyl (C=O) groups is 2. The summed E-state index contributed by atoms with van der Waals surface area (Å²) < 4.78 is 0. The third-order valence-electron chi connectivity index (χ3n) is 2.66. The van der Waals surface area contributed by atoms with Gasteiger partial charge in [-0.25, -0.2) is 0 Å². The zero-order chi connectivity index (χ0) is 15.8. The molecule has 0 aliphatic rings. The second kappa shape index (κ2) is 15.9. The van der Waals surface area contributed by atoms with Gasteiger partial charge in [0.1, 0.15) is 6.04 Å². The molecule has 0 bridgehead atoms. The molecule has 0 aromatic heterocycles. The minimum Gasteiger partial charge on any atom is -0.481 e. The molecule has 0 aliphatic carbocycles. The number of carboxylic acid groups (broad SMARTS) is 2. The maximum atomic E-state index is 10.6. The Morgan fingerprint density at radius 3 is 1.95 bits per heavy atom. The Labute approximate surface area is 121 Å². The normalized spacial score (nSPS) is 11.3. The summed E-state index contributed by atoms with van der Waals surface area (Å²) in [5.41, 5.74) is 5.21. The smallest absolute Gasteiger partial charge is 0.321 e. The molecule has 0 aliphatic heterocycles. The third kappa shape index (κ3) is 16.9. The van der Waals surface area contributed by atoms with Gasteiger partial charge in [0.05, 0.1) is 6.42 Å². The minimum absolute atomic E-state index is 0.374. The van der Waals surface area contributed by atoms with E-state index in [9.17, 15) is 9.59 Å². The summed E-state index contributed by atoms with van der Waals surface area (Å²) in [7, 11) is 0. The number of nitrogens with two attached hydrogens (primary N) is 1. The van der Waals surface area contributed by atoms with Crippen LogP contribution in [0.4, 0.5) is 0 Å². The van der Waals surface area contributed by atoms with Crippen molar-refractivity contribution in [2.24, 2.45) is 5.73 Å². The summed E-state index contributed by atoms with van der Waals surface area (Å²) in [6.45, 7) is 5.63. The van der Waals surface area contributed by atoms with E-state index < -0.39 is 18.0 Å². The molecule has 0 rings (SSSR count). The van der Waals surface area contributed by atoms with Crippen LogP contribution in [0.3, 0.4) is 0 Å². The lowest BCUT2D eigenvalue weighted by Gasteiger charge is -2.11. The van der Waals surface area contributed by atoms with E-state index in [1.807, 2.05) is 6.92 Å². The van der Waals surface area contributed by atoms with Crippen LogP contribution in [-0.2, 0) is 9.59 Å². The Kier molecular flexibility index (Phi) is 16.8. The zero-order valence-corrected chi connectivity index (χ0v) is 12.7. The highest BCUT2D eigenvalue weighted by Crippen LogP contribution is 1.96. The number of carboxylic acids is 2. The van der Waals surface area contributed by atoms with E-state index in [1.54, 1.807) is 0 Å². The van der Waals surface area contributed by atoms with Gasteiger partial charge in [0, 0.05) is 0 Å². The molecule has 20 heavy (non-hydrogen) atoms. The first-order valence-corrected chi connectivity index (χ1v) is 7.37. The molecule has 0 saturated carbocycles. The monoisotopic (exact) mass is 290 g/mol. The maximum absolute atomic E-state index is 10.6. The van der Waals surface area contributed by atoms with Crippen LogP contribution in [0.2, 0.25) is 0 Å². The van der Waals surface area contributed by atoms with Crippen LogP contribution in [-0.4, -0.2) is 41.3 Å². The van der Waals surface area contributed by atoms with Crippen LogP contribution in [0.1, 0.15) is 58.8 Å². The average molecular weight is 290 g/mol. The number of rotatable bonds is 11. The molecule has 0 heterocycles. The van der Waals surface area contributed by atoms with E-state index >= 15 is 0 Å². The molecule has 0 spiro atoms. The van der Waals surface area contributed by atoms with Crippen molar-refractivity contribution in [3.05, 3.63) is 0 Å². The topological polar surface area (TPSA) is 113 Å². The Bertz CT molecular complexity index is 243. The fraction of sp³-hybridized carbons (Fsp3) is 0.857. The Balaban J connectivity index is 0. The Morgan fingerprint density at radius 1 is 1.05 bits per heavy atom. The largest absolute Gasteiger partial charge is 0.481 e. The molecule has 0 radical (unpaired) electrons. The Morgan fingerprint density at radius 2 is 1.60 bits per heavy atom.